The summed E-state index contributed by atoms with van der Waals surface area (Å²) in [6.07, 6.45) is 5.19. The Morgan fingerprint density at radius 3 is 3.07 bits per heavy atom. The van der Waals surface area contributed by atoms with Crippen molar-refractivity contribution in [1.29, 1.82) is 0 Å². The first-order valence-corrected chi connectivity index (χ1v) is 4.97. The van der Waals surface area contributed by atoms with Crippen LogP contribution in [0, 0.1) is 0 Å². The van der Waals surface area contributed by atoms with Gasteiger partial charge < -0.3 is 15.0 Å². The third kappa shape index (κ3) is 1.93. The molecule has 0 saturated heterocycles. The van der Waals surface area contributed by atoms with Crippen LogP contribution >= 0.6 is 0 Å². The molecule has 2 atom stereocenters. The summed E-state index contributed by atoms with van der Waals surface area (Å²) in [5, 5.41) is 7.74. The summed E-state index contributed by atoms with van der Waals surface area (Å²) < 4.78 is 7.55. The van der Waals surface area contributed by atoms with Crippen LogP contribution in [-0.2, 0) is 18.4 Å². The molecule has 1 aliphatic rings. The van der Waals surface area contributed by atoms with Gasteiger partial charge in [0.1, 0.15) is 12.9 Å². The fourth-order valence-electron chi connectivity index (χ4n) is 1.78. The van der Waals surface area contributed by atoms with Crippen molar-refractivity contribution in [2.45, 2.75) is 38.0 Å². The maximum absolute atomic E-state index is 5.89. The van der Waals surface area contributed by atoms with E-state index in [1.807, 2.05) is 11.6 Å². The largest absolute Gasteiger partial charge is 0.369 e. The van der Waals surface area contributed by atoms with Crippen molar-refractivity contribution >= 4 is 0 Å². The summed E-state index contributed by atoms with van der Waals surface area (Å²) in [5.74, 6) is 0.851. The third-order valence-electron chi connectivity index (χ3n) is 2.74. The molecule has 5 heteroatoms. The highest BCUT2D eigenvalue weighted by atomic mass is 16.5. The number of aromatic nitrogens is 3. The molecule has 0 spiro atoms. The summed E-state index contributed by atoms with van der Waals surface area (Å²) in [6.45, 7) is 0.509. The van der Waals surface area contributed by atoms with E-state index in [1.54, 1.807) is 6.33 Å². The number of hydrogen-bond acceptors (Lipinski definition) is 4. The van der Waals surface area contributed by atoms with Gasteiger partial charge in [0.05, 0.1) is 6.10 Å². The monoisotopic (exact) mass is 196 g/mol. The van der Waals surface area contributed by atoms with Gasteiger partial charge in [-0.05, 0) is 19.3 Å². The van der Waals surface area contributed by atoms with Gasteiger partial charge in [0.2, 0.25) is 0 Å². The highest BCUT2D eigenvalue weighted by Crippen LogP contribution is 2.20. The molecule has 78 valence electrons. The van der Waals surface area contributed by atoms with Gasteiger partial charge in [-0.1, -0.05) is 0 Å². The van der Waals surface area contributed by atoms with Crippen LogP contribution in [0.3, 0.4) is 0 Å². The minimum Gasteiger partial charge on any atom is -0.369 e. The molecular formula is C9H16N4O. The maximum atomic E-state index is 5.89. The molecular weight excluding hydrogens is 180 g/mol. The van der Waals surface area contributed by atoms with Crippen LogP contribution in [0.2, 0.25) is 0 Å². The zero-order valence-electron chi connectivity index (χ0n) is 8.39. The van der Waals surface area contributed by atoms with E-state index in [9.17, 15) is 0 Å². The summed E-state index contributed by atoms with van der Waals surface area (Å²) in [7, 11) is 1.91. The lowest BCUT2D eigenvalue weighted by Crippen LogP contribution is -2.31. The van der Waals surface area contributed by atoms with Gasteiger partial charge in [-0.3, -0.25) is 0 Å². The van der Waals surface area contributed by atoms with Crippen LogP contribution in [0.4, 0.5) is 0 Å². The molecule has 5 nitrogen and oxygen atoms in total. The average molecular weight is 196 g/mol. The third-order valence-corrected chi connectivity index (χ3v) is 2.74. The van der Waals surface area contributed by atoms with Crippen LogP contribution in [0.1, 0.15) is 25.1 Å². The van der Waals surface area contributed by atoms with E-state index in [2.05, 4.69) is 10.2 Å². The van der Waals surface area contributed by atoms with Crippen molar-refractivity contribution in [2.75, 3.05) is 0 Å². The zero-order valence-corrected chi connectivity index (χ0v) is 8.39. The van der Waals surface area contributed by atoms with E-state index in [1.165, 1.54) is 6.42 Å². The second kappa shape index (κ2) is 4.06. The summed E-state index contributed by atoms with van der Waals surface area (Å²) >= 11 is 0. The zero-order chi connectivity index (χ0) is 9.97. The molecule has 2 N–H and O–H groups in total. The molecule has 1 aromatic heterocycles. The Bertz CT molecular complexity index is 299. The van der Waals surface area contributed by atoms with Gasteiger partial charge in [0.15, 0.2) is 5.82 Å². The van der Waals surface area contributed by atoms with E-state index < -0.39 is 0 Å². The van der Waals surface area contributed by atoms with Crippen LogP contribution in [-0.4, -0.2) is 26.9 Å². The molecule has 0 aromatic carbocycles. The van der Waals surface area contributed by atoms with E-state index in [-0.39, 0.29) is 12.1 Å². The second-order valence-corrected chi connectivity index (χ2v) is 3.80. The quantitative estimate of drug-likeness (QED) is 0.750. The highest BCUT2D eigenvalue weighted by Gasteiger charge is 2.24. The van der Waals surface area contributed by atoms with E-state index in [0.717, 1.165) is 18.7 Å². The van der Waals surface area contributed by atoms with Gasteiger partial charge in [-0.15, -0.1) is 10.2 Å². The van der Waals surface area contributed by atoms with Crippen molar-refractivity contribution < 1.29 is 4.74 Å². The standard InChI is InChI=1S/C9H16N4O/c1-13-6-11-12-9(13)5-14-8-4-2-3-7(8)10/h6-8H,2-5,10H2,1H3. The summed E-state index contributed by atoms with van der Waals surface area (Å²) in [6, 6.07) is 0.197. The number of rotatable bonds is 3. The number of aryl methyl sites for hydroxylation is 1. The Morgan fingerprint density at radius 2 is 2.50 bits per heavy atom. The van der Waals surface area contributed by atoms with Gasteiger partial charge in [-0.25, -0.2) is 0 Å². The lowest BCUT2D eigenvalue weighted by molar-refractivity contribution is 0.0307. The van der Waals surface area contributed by atoms with Crippen LogP contribution in [0.5, 0.6) is 0 Å². The SMILES string of the molecule is Cn1cnnc1COC1CCCC1N. The smallest absolute Gasteiger partial charge is 0.158 e. The second-order valence-electron chi connectivity index (χ2n) is 3.80. The minimum atomic E-state index is 0.197. The summed E-state index contributed by atoms with van der Waals surface area (Å²) in [5.41, 5.74) is 5.89. The van der Waals surface area contributed by atoms with Gasteiger partial charge in [0, 0.05) is 13.1 Å². The number of hydrogen-bond donors (Lipinski definition) is 1. The fourth-order valence-corrected chi connectivity index (χ4v) is 1.78. The van der Waals surface area contributed by atoms with Crippen molar-refractivity contribution in [2.24, 2.45) is 12.8 Å². The molecule has 14 heavy (non-hydrogen) atoms. The highest BCUT2D eigenvalue weighted by molar-refractivity contribution is 4.84. The van der Waals surface area contributed by atoms with Crippen molar-refractivity contribution in [3.8, 4) is 0 Å². The number of nitrogens with zero attached hydrogens (tertiary/aromatic N) is 3. The molecule has 1 aromatic rings. The van der Waals surface area contributed by atoms with Crippen LogP contribution in [0.25, 0.3) is 0 Å². The summed E-state index contributed by atoms with van der Waals surface area (Å²) in [4.78, 5) is 0. The fraction of sp³-hybridized carbons (Fsp3) is 0.778. The predicted molar refractivity (Wildman–Crippen MR) is 51.4 cm³/mol. The van der Waals surface area contributed by atoms with Crippen LogP contribution < -0.4 is 5.73 Å². The van der Waals surface area contributed by atoms with Gasteiger partial charge >= 0.3 is 0 Å². The maximum Gasteiger partial charge on any atom is 0.158 e. The molecule has 1 aliphatic carbocycles. The molecule has 0 bridgehead atoms. The van der Waals surface area contributed by atoms with Gasteiger partial charge in [0.25, 0.3) is 0 Å². The lowest BCUT2D eigenvalue weighted by Gasteiger charge is -2.15. The molecule has 1 heterocycles. The first-order chi connectivity index (χ1) is 6.77. The Kier molecular flexibility index (Phi) is 2.79. The van der Waals surface area contributed by atoms with Crippen LogP contribution in [0.15, 0.2) is 6.33 Å². The molecule has 0 aliphatic heterocycles. The van der Waals surface area contributed by atoms with E-state index >= 15 is 0 Å². The first-order valence-electron chi connectivity index (χ1n) is 4.97. The van der Waals surface area contributed by atoms with Crippen molar-refractivity contribution in [3.63, 3.8) is 0 Å². The Balaban J connectivity index is 1.85. The van der Waals surface area contributed by atoms with Crippen molar-refractivity contribution in [1.82, 2.24) is 14.8 Å². The average Bonchev–Trinajstić information content (AvgIpc) is 2.72. The topological polar surface area (TPSA) is 66.0 Å². The number of nitrogens with two attached hydrogens (primary N) is 1. The normalized spacial score (nSPS) is 27.0. The lowest BCUT2D eigenvalue weighted by atomic mass is 10.2. The Labute approximate surface area is 83.3 Å². The molecule has 0 radical (unpaired) electrons. The molecule has 2 unspecified atom stereocenters. The first kappa shape index (κ1) is 9.61. The molecule has 0 amide bonds. The van der Waals surface area contributed by atoms with Crippen molar-refractivity contribution in [3.05, 3.63) is 12.2 Å². The minimum absolute atomic E-state index is 0.197. The molecule has 2 rings (SSSR count). The Hall–Kier alpha value is -0.940. The van der Waals surface area contributed by atoms with E-state index in [4.69, 9.17) is 10.5 Å². The molecule has 1 saturated carbocycles. The molecule has 1 fully saturated rings. The number of ether oxygens (including phenoxy) is 1. The predicted octanol–water partition coefficient (Wildman–Crippen LogP) is 0.211. The Morgan fingerprint density at radius 1 is 1.64 bits per heavy atom. The van der Waals surface area contributed by atoms with E-state index in [0.29, 0.717) is 6.61 Å². The van der Waals surface area contributed by atoms with Gasteiger partial charge in [-0.2, -0.15) is 0 Å².